The fourth-order valence-corrected chi connectivity index (χ4v) is 2.19. The zero-order valence-electron chi connectivity index (χ0n) is 9.19. The van der Waals surface area contributed by atoms with E-state index in [0.29, 0.717) is 6.07 Å². The predicted octanol–water partition coefficient (Wildman–Crippen LogP) is 4.33. The van der Waals surface area contributed by atoms with Crippen LogP contribution in [0.15, 0.2) is 22.7 Å². The Bertz CT molecular complexity index is 554. The molecule has 1 aliphatic rings. The SMILES string of the molecule is O=C1Nc2ccc(Br)cc2C(C(F)(F)F)(C(F)(F)F)O1. The number of anilines is 1. The van der Waals surface area contributed by atoms with E-state index < -0.39 is 35.3 Å². The molecule has 1 heterocycles. The molecule has 110 valence electrons. The molecule has 0 atom stereocenters. The minimum atomic E-state index is -5.86. The second-order valence-corrected chi connectivity index (χ2v) is 4.80. The van der Waals surface area contributed by atoms with Gasteiger partial charge in [-0.2, -0.15) is 26.3 Å². The summed E-state index contributed by atoms with van der Waals surface area (Å²) in [6, 6.07) is 2.73. The zero-order valence-corrected chi connectivity index (χ0v) is 10.8. The van der Waals surface area contributed by atoms with Crippen LogP contribution in [-0.2, 0) is 10.3 Å². The minimum Gasteiger partial charge on any atom is -0.418 e. The molecule has 0 fully saturated rings. The van der Waals surface area contributed by atoms with Crippen molar-refractivity contribution in [3.8, 4) is 0 Å². The number of carbonyl (C=O) groups excluding carboxylic acids is 1. The fourth-order valence-electron chi connectivity index (χ4n) is 1.83. The number of hydrogen-bond acceptors (Lipinski definition) is 2. The quantitative estimate of drug-likeness (QED) is 0.696. The van der Waals surface area contributed by atoms with Crippen molar-refractivity contribution in [2.75, 3.05) is 5.32 Å². The summed E-state index contributed by atoms with van der Waals surface area (Å²) in [6.45, 7) is 0. The number of hydrogen-bond donors (Lipinski definition) is 1. The van der Waals surface area contributed by atoms with Crippen LogP contribution in [0.2, 0.25) is 0 Å². The van der Waals surface area contributed by atoms with Crippen molar-refractivity contribution in [1.82, 2.24) is 0 Å². The third kappa shape index (κ3) is 2.02. The van der Waals surface area contributed by atoms with Crippen LogP contribution in [0.5, 0.6) is 0 Å². The molecule has 0 aliphatic carbocycles. The largest absolute Gasteiger partial charge is 0.442 e. The van der Waals surface area contributed by atoms with Gasteiger partial charge >= 0.3 is 24.0 Å². The third-order valence-corrected chi connectivity index (χ3v) is 3.14. The van der Waals surface area contributed by atoms with Crippen LogP contribution in [0.4, 0.5) is 36.8 Å². The third-order valence-electron chi connectivity index (χ3n) is 2.64. The molecule has 0 unspecified atom stereocenters. The van der Waals surface area contributed by atoms with Crippen LogP contribution >= 0.6 is 15.9 Å². The highest BCUT2D eigenvalue weighted by molar-refractivity contribution is 9.10. The van der Waals surface area contributed by atoms with E-state index in [1.54, 1.807) is 5.32 Å². The molecule has 0 saturated carbocycles. The van der Waals surface area contributed by atoms with E-state index in [9.17, 15) is 31.1 Å². The van der Waals surface area contributed by atoms with Gasteiger partial charge in [-0.25, -0.2) is 4.79 Å². The summed E-state index contributed by atoms with van der Waals surface area (Å²) in [5, 5.41) is 1.80. The summed E-state index contributed by atoms with van der Waals surface area (Å²) in [6.07, 6.45) is -13.5. The van der Waals surface area contributed by atoms with Gasteiger partial charge in [-0.15, -0.1) is 0 Å². The molecule has 0 saturated heterocycles. The fraction of sp³-hybridized carbons (Fsp3) is 0.300. The smallest absolute Gasteiger partial charge is 0.418 e. The lowest BCUT2D eigenvalue weighted by Crippen LogP contribution is -2.59. The van der Waals surface area contributed by atoms with E-state index in [4.69, 9.17) is 0 Å². The van der Waals surface area contributed by atoms with Crippen LogP contribution in [0.3, 0.4) is 0 Å². The van der Waals surface area contributed by atoms with Crippen molar-refractivity contribution >= 4 is 27.7 Å². The summed E-state index contributed by atoms with van der Waals surface area (Å²) in [4.78, 5) is 11.1. The molecular weight excluding hydrogens is 360 g/mol. The summed E-state index contributed by atoms with van der Waals surface area (Å²) >= 11 is 2.79. The Hall–Kier alpha value is -1.45. The standard InChI is InChI=1S/C10H4BrF6NO2/c11-4-1-2-6-5(3-4)8(9(12,13)14,10(15,16)17)20-7(19)18-6/h1-3H,(H,18,19). The van der Waals surface area contributed by atoms with Gasteiger partial charge in [-0.05, 0) is 18.2 Å². The minimum absolute atomic E-state index is 0.0196. The van der Waals surface area contributed by atoms with Crippen LogP contribution in [0.25, 0.3) is 0 Å². The number of alkyl halides is 6. The molecule has 10 heteroatoms. The van der Waals surface area contributed by atoms with E-state index in [2.05, 4.69) is 20.7 Å². The molecule has 2 rings (SSSR count). The lowest BCUT2D eigenvalue weighted by molar-refractivity contribution is -0.373. The first-order chi connectivity index (χ1) is 8.99. The van der Waals surface area contributed by atoms with E-state index in [-0.39, 0.29) is 4.47 Å². The number of amides is 1. The number of benzene rings is 1. The highest BCUT2D eigenvalue weighted by Gasteiger charge is 2.77. The Balaban J connectivity index is 2.83. The van der Waals surface area contributed by atoms with Crippen LogP contribution in [-0.4, -0.2) is 18.4 Å². The predicted molar refractivity (Wildman–Crippen MR) is 58.0 cm³/mol. The Labute approximate surface area is 116 Å². The number of cyclic esters (lactones) is 1. The van der Waals surface area contributed by atoms with E-state index >= 15 is 0 Å². The van der Waals surface area contributed by atoms with Crippen molar-refractivity contribution in [3.05, 3.63) is 28.2 Å². The molecular formula is C10H4BrF6NO2. The molecule has 1 N–H and O–H groups in total. The molecule has 1 amide bonds. The van der Waals surface area contributed by atoms with Crippen LogP contribution in [0, 0.1) is 0 Å². The molecule has 0 spiro atoms. The normalized spacial score (nSPS) is 18.1. The van der Waals surface area contributed by atoms with Gasteiger partial charge in [-0.1, -0.05) is 15.9 Å². The molecule has 0 bridgehead atoms. The second-order valence-electron chi connectivity index (χ2n) is 3.88. The first-order valence-electron chi connectivity index (χ1n) is 4.92. The van der Waals surface area contributed by atoms with Crippen molar-refractivity contribution in [3.63, 3.8) is 0 Å². The van der Waals surface area contributed by atoms with Gasteiger partial charge in [0.15, 0.2) is 0 Å². The molecule has 3 nitrogen and oxygen atoms in total. The Kier molecular flexibility index (Phi) is 3.19. The maximum Gasteiger partial charge on any atom is 0.442 e. The van der Waals surface area contributed by atoms with E-state index in [1.807, 2.05) is 0 Å². The van der Waals surface area contributed by atoms with Crippen molar-refractivity contribution in [2.45, 2.75) is 18.0 Å². The number of halogens is 7. The number of rotatable bonds is 0. The van der Waals surface area contributed by atoms with E-state index in [0.717, 1.165) is 6.07 Å². The van der Waals surface area contributed by atoms with E-state index in [1.165, 1.54) is 6.07 Å². The summed E-state index contributed by atoms with van der Waals surface area (Å²) < 4.78 is 81.9. The lowest BCUT2D eigenvalue weighted by atomic mass is 9.89. The van der Waals surface area contributed by atoms with Crippen LogP contribution < -0.4 is 5.32 Å². The molecule has 1 aromatic rings. The molecule has 1 aromatic carbocycles. The zero-order chi connectivity index (χ0) is 15.3. The average molecular weight is 364 g/mol. The summed E-state index contributed by atoms with van der Waals surface area (Å²) in [5.74, 6) is 0. The van der Waals surface area contributed by atoms with Gasteiger partial charge in [0.1, 0.15) is 0 Å². The molecule has 1 aliphatic heterocycles. The number of carbonyl (C=O) groups is 1. The lowest BCUT2D eigenvalue weighted by Gasteiger charge is -2.40. The number of fused-ring (bicyclic) bond motifs is 1. The van der Waals surface area contributed by atoms with Crippen molar-refractivity contribution in [2.24, 2.45) is 0 Å². The van der Waals surface area contributed by atoms with Crippen LogP contribution in [0.1, 0.15) is 5.56 Å². The van der Waals surface area contributed by atoms with Gasteiger partial charge in [0, 0.05) is 10.0 Å². The monoisotopic (exact) mass is 363 g/mol. The van der Waals surface area contributed by atoms with Gasteiger partial charge < -0.3 is 4.74 Å². The van der Waals surface area contributed by atoms with Gasteiger partial charge in [0.2, 0.25) is 0 Å². The van der Waals surface area contributed by atoms with Crippen molar-refractivity contribution in [1.29, 1.82) is 0 Å². The van der Waals surface area contributed by atoms with Gasteiger partial charge in [0.05, 0.1) is 5.69 Å². The van der Waals surface area contributed by atoms with Gasteiger partial charge in [-0.3, -0.25) is 5.32 Å². The molecule has 0 radical (unpaired) electrons. The van der Waals surface area contributed by atoms with Crippen molar-refractivity contribution < 1.29 is 35.9 Å². The van der Waals surface area contributed by atoms with Gasteiger partial charge in [0.25, 0.3) is 0 Å². The first kappa shape index (κ1) is 14.9. The maximum atomic E-state index is 13.0. The first-order valence-corrected chi connectivity index (χ1v) is 5.72. The maximum absolute atomic E-state index is 13.0. The summed E-state index contributed by atoms with van der Waals surface area (Å²) in [5.41, 5.74) is -6.54. The number of ether oxygens (including phenoxy) is 1. The second kappa shape index (κ2) is 4.27. The number of nitrogens with one attached hydrogen (secondary N) is 1. The highest BCUT2D eigenvalue weighted by atomic mass is 79.9. The topological polar surface area (TPSA) is 38.3 Å². The highest BCUT2D eigenvalue weighted by Crippen LogP contribution is 2.56. The molecule has 20 heavy (non-hydrogen) atoms. The molecule has 0 aromatic heterocycles. The Morgan fingerprint density at radius 3 is 2.15 bits per heavy atom. The summed E-state index contributed by atoms with van der Waals surface area (Å²) in [7, 11) is 0. The Morgan fingerprint density at radius 1 is 1.10 bits per heavy atom. The average Bonchev–Trinajstić information content (AvgIpc) is 2.25. The Morgan fingerprint density at radius 2 is 1.65 bits per heavy atom.